The number of amides is 1. The maximum absolute atomic E-state index is 11.6. The van der Waals surface area contributed by atoms with Crippen molar-refractivity contribution in [2.75, 3.05) is 13.2 Å². The van der Waals surface area contributed by atoms with Crippen molar-refractivity contribution < 1.29 is 14.3 Å². The molecule has 146 valence electrons. The summed E-state index contributed by atoms with van der Waals surface area (Å²) < 4.78 is 10.9. The number of unbranched alkanes of at least 4 members (excludes halogenated alkanes) is 3. The van der Waals surface area contributed by atoms with Gasteiger partial charge in [-0.1, -0.05) is 55.3 Å². The molecule has 0 saturated heterocycles. The van der Waals surface area contributed by atoms with Gasteiger partial charge in [0.15, 0.2) is 0 Å². The van der Waals surface area contributed by atoms with Crippen LogP contribution in [0, 0.1) is 0 Å². The normalized spacial score (nSPS) is 11.6. The first kappa shape index (κ1) is 20.8. The monoisotopic (exact) mass is 370 g/mol. The van der Waals surface area contributed by atoms with Crippen LogP contribution in [0.2, 0.25) is 0 Å². The van der Waals surface area contributed by atoms with E-state index >= 15 is 0 Å². The lowest BCUT2D eigenvalue weighted by Gasteiger charge is -2.10. The van der Waals surface area contributed by atoms with E-state index in [1.807, 2.05) is 61.5 Å². The van der Waals surface area contributed by atoms with Crippen molar-refractivity contribution in [2.45, 2.75) is 45.3 Å². The first-order valence-corrected chi connectivity index (χ1v) is 9.58. The van der Waals surface area contributed by atoms with Crippen LogP contribution < -0.4 is 15.8 Å². The van der Waals surface area contributed by atoms with Crippen molar-refractivity contribution in [1.29, 1.82) is 0 Å². The van der Waals surface area contributed by atoms with Crippen LogP contribution >= 0.6 is 0 Å². The molecule has 5 heteroatoms. The number of hydrogen-bond acceptors (Lipinski definition) is 4. The number of carbonyl (C=O) groups is 1. The molecule has 0 heterocycles. The van der Waals surface area contributed by atoms with Crippen LogP contribution in [-0.2, 0) is 11.3 Å². The number of alkyl carbamates (subject to hydrolysis) is 1. The van der Waals surface area contributed by atoms with E-state index in [1.165, 1.54) is 0 Å². The Kier molecular flexibility index (Phi) is 9.21. The van der Waals surface area contributed by atoms with Crippen molar-refractivity contribution in [3.8, 4) is 5.75 Å². The Morgan fingerprint density at radius 1 is 1.04 bits per heavy atom. The summed E-state index contributed by atoms with van der Waals surface area (Å²) in [6.45, 7) is 3.58. The SMILES string of the molecule is C[C@@H](N)c1cccc(OCCCCCCNC(=O)OCc2ccccc2)c1. The molecule has 3 N–H and O–H groups in total. The maximum atomic E-state index is 11.6. The minimum Gasteiger partial charge on any atom is -0.494 e. The van der Waals surface area contributed by atoms with Gasteiger partial charge in [0.05, 0.1) is 6.61 Å². The molecule has 27 heavy (non-hydrogen) atoms. The fourth-order valence-corrected chi connectivity index (χ4v) is 2.62. The molecule has 2 aromatic rings. The first-order chi connectivity index (χ1) is 13.1. The summed E-state index contributed by atoms with van der Waals surface area (Å²) in [5.41, 5.74) is 7.95. The molecule has 0 radical (unpaired) electrons. The lowest BCUT2D eigenvalue weighted by molar-refractivity contribution is 0.139. The summed E-state index contributed by atoms with van der Waals surface area (Å²) >= 11 is 0. The van der Waals surface area contributed by atoms with Crippen molar-refractivity contribution in [2.24, 2.45) is 5.73 Å². The molecule has 0 unspecified atom stereocenters. The van der Waals surface area contributed by atoms with Crippen molar-refractivity contribution in [3.63, 3.8) is 0 Å². The number of hydrogen-bond donors (Lipinski definition) is 2. The maximum Gasteiger partial charge on any atom is 0.407 e. The lowest BCUT2D eigenvalue weighted by atomic mass is 10.1. The third-order valence-electron chi connectivity index (χ3n) is 4.21. The molecule has 1 atom stereocenters. The smallest absolute Gasteiger partial charge is 0.407 e. The zero-order valence-electron chi connectivity index (χ0n) is 16.0. The Morgan fingerprint density at radius 2 is 1.81 bits per heavy atom. The average Bonchev–Trinajstić information content (AvgIpc) is 2.69. The Bertz CT molecular complexity index is 674. The standard InChI is InChI=1S/C22H30N2O3/c1-18(23)20-12-9-13-21(16-20)26-15-8-3-2-7-14-24-22(25)27-17-19-10-5-4-6-11-19/h4-6,9-13,16,18H,2-3,7-8,14-15,17,23H2,1H3,(H,24,25)/t18-/m1/s1. The number of nitrogens with one attached hydrogen (secondary N) is 1. The zero-order valence-corrected chi connectivity index (χ0v) is 16.0. The summed E-state index contributed by atoms with van der Waals surface area (Å²) in [5.74, 6) is 0.868. The van der Waals surface area contributed by atoms with Gasteiger partial charge in [0.25, 0.3) is 0 Å². The molecule has 2 rings (SSSR count). The molecule has 2 aromatic carbocycles. The molecule has 0 saturated carbocycles. The number of benzene rings is 2. The largest absolute Gasteiger partial charge is 0.494 e. The zero-order chi connectivity index (χ0) is 19.3. The van der Waals surface area contributed by atoms with Gasteiger partial charge in [0.2, 0.25) is 0 Å². The van der Waals surface area contributed by atoms with E-state index in [1.54, 1.807) is 0 Å². The molecule has 5 nitrogen and oxygen atoms in total. The van der Waals surface area contributed by atoms with E-state index in [2.05, 4.69) is 5.32 Å². The highest BCUT2D eigenvalue weighted by atomic mass is 16.5. The van der Waals surface area contributed by atoms with E-state index < -0.39 is 0 Å². The van der Waals surface area contributed by atoms with Crippen LogP contribution in [0.25, 0.3) is 0 Å². The van der Waals surface area contributed by atoms with Gasteiger partial charge >= 0.3 is 6.09 Å². The quantitative estimate of drug-likeness (QED) is 0.568. The predicted octanol–water partition coefficient (Wildman–Crippen LogP) is 4.57. The highest BCUT2D eigenvalue weighted by Crippen LogP contribution is 2.17. The van der Waals surface area contributed by atoms with E-state index in [0.29, 0.717) is 19.8 Å². The number of ether oxygens (including phenoxy) is 2. The van der Waals surface area contributed by atoms with Crippen LogP contribution in [0.5, 0.6) is 5.75 Å². The van der Waals surface area contributed by atoms with Crippen LogP contribution in [-0.4, -0.2) is 19.2 Å². The summed E-state index contributed by atoms with van der Waals surface area (Å²) in [7, 11) is 0. The topological polar surface area (TPSA) is 73.6 Å². The molecule has 0 aromatic heterocycles. The van der Waals surface area contributed by atoms with E-state index in [9.17, 15) is 4.79 Å². The van der Waals surface area contributed by atoms with Crippen molar-refractivity contribution in [1.82, 2.24) is 5.32 Å². The van der Waals surface area contributed by atoms with Gasteiger partial charge in [-0.2, -0.15) is 0 Å². The molecule has 0 bridgehead atoms. The van der Waals surface area contributed by atoms with Crippen LogP contribution in [0.15, 0.2) is 54.6 Å². The Hall–Kier alpha value is -2.53. The van der Waals surface area contributed by atoms with Gasteiger partial charge in [-0.3, -0.25) is 0 Å². The summed E-state index contributed by atoms with van der Waals surface area (Å²) in [6, 6.07) is 17.6. The van der Waals surface area contributed by atoms with E-state index in [0.717, 1.165) is 42.6 Å². The van der Waals surface area contributed by atoms with E-state index in [-0.39, 0.29) is 12.1 Å². The number of rotatable bonds is 11. The van der Waals surface area contributed by atoms with Gasteiger partial charge in [-0.15, -0.1) is 0 Å². The fraction of sp³-hybridized carbons (Fsp3) is 0.409. The van der Waals surface area contributed by atoms with Gasteiger partial charge in [0.1, 0.15) is 12.4 Å². The Morgan fingerprint density at radius 3 is 2.59 bits per heavy atom. The molecule has 0 aliphatic heterocycles. The Balaban J connectivity index is 1.46. The molecule has 0 spiro atoms. The molecule has 0 aliphatic rings. The van der Waals surface area contributed by atoms with Crippen LogP contribution in [0.3, 0.4) is 0 Å². The first-order valence-electron chi connectivity index (χ1n) is 9.58. The highest BCUT2D eigenvalue weighted by Gasteiger charge is 2.03. The third-order valence-corrected chi connectivity index (χ3v) is 4.21. The van der Waals surface area contributed by atoms with Crippen LogP contribution in [0.4, 0.5) is 4.79 Å². The minimum absolute atomic E-state index is 0.0143. The summed E-state index contributed by atoms with van der Waals surface area (Å²) in [5, 5.41) is 2.78. The number of carbonyl (C=O) groups excluding carboxylic acids is 1. The van der Waals surface area contributed by atoms with E-state index in [4.69, 9.17) is 15.2 Å². The Labute approximate surface area is 161 Å². The number of nitrogens with two attached hydrogens (primary N) is 1. The second-order valence-corrected chi connectivity index (χ2v) is 6.61. The van der Waals surface area contributed by atoms with Gasteiger partial charge in [-0.25, -0.2) is 4.79 Å². The summed E-state index contributed by atoms with van der Waals surface area (Å²) in [4.78, 5) is 11.6. The third kappa shape index (κ3) is 8.60. The van der Waals surface area contributed by atoms with Gasteiger partial charge < -0.3 is 20.5 Å². The van der Waals surface area contributed by atoms with Crippen LogP contribution in [0.1, 0.15) is 49.8 Å². The van der Waals surface area contributed by atoms with Crippen molar-refractivity contribution >= 4 is 6.09 Å². The lowest BCUT2D eigenvalue weighted by Crippen LogP contribution is -2.25. The average molecular weight is 370 g/mol. The summed E-state index contributed by atoms with van der Waals surface area (Å²) in [6.07, 6.45) is 3.66. The van der Waals surface area contributed by atoms with Crippen molar-refractivity contribution in [3.05, 3.63) is 65.7 Å². The molecular weight excluding hydrogens is 340 g/mol. The van der Waals surface area contributed by atoms with Gasteiger partial charge in [-0.05, 0) is 43.0 Å². The molecule has 0 aliphatic carbocycles. The molecule has 0 fully saturated rings. The minimum atomic E-state index is -0.365. The fourth-order valence-electron chi connectivity index (χ4n) is 2.62. The highest BCUT2D eigenvalue weighted by molar-refractivity contribution is 5.67. The molecule has 1 amide bonds. The second kappa shape index (κ2) is 12.0. The molecular formula is C22H30N2O3. The predicted molar refractivity (Wildman–Crippen MR) is 108 cm³/mol. The second-order valence-electron chi connectivity index (χ2n) is 6.61. The van der Waals surface area contributed by atoms with Gasteiger partial charge in [0, 0.05) is 12.6 Å².